The highest BCUT2D eigenvalue weighted by Gasteiger charge is 1.94. The van der Waals surface area contributed by atoms with Crippen LogP contribution < -0.4 is 0 Å². The van der Waals surface area contributed by atoms with E-state index in [2.05, 4.69) is 0 Å². The second kappa shape index (κ2) is 7.36. The van der Waals surface area contributed by atoms with E-state index in [4.69, 9.17) is 16.7 Å². The molecule has 62 valence electrons. The van der Waals surface area contributed by atoms with Crippen molar-refractivity contribution in [1.29, 1.82) is 0 Å². The maximum Gasteiger partial charge on any atom is 0.0512 e. The fourth-order valence-corrected chi connectivity index (χ4v) is 1.08. The molecule has 0 fully saturated rings. The van der Waals surface area contributed by atoms with E-state index in [0.717, 1.165) is 25.1 Å². The first kappa shape index (κ1) is 10.2. The Morgan fingerprint density at radius 3 is 2.30 bits per heavy atom. The van der Waals surface area contributed by atoms with Crippen molar-refractivity contribution in [3.8, 4) is 0 Å². The first-order chi connectivity index (χ1) is 4.77. The topological polar surface area (TPSA) is 20.2 Å². The van der Waals surface area contributed by atoms with Crippen LogP contribution in [-0.2, 0) is 0 Å². The Labute approximate surface area is 68.4 Å². The number of aliphatic hydroxyl groups is 1. The molecule has 0 rings (SSSR count). The monoisotopic (exact) mass is 164 g/mol. The third-order valence-electron chi connectivity index (χ3n) is 1.51. The molecule has 0 bridgehead atoms. The summed E-state index contributed by atoms with van der Waals surface area (Å²) in [5.74, 6) is 0.772. The summed E-state index contributed by atoms with van der Waals surface area (Å²) in [6.45, 7) is 1.83. The second-order valence-corrected chi connectivity index (χ2v) is 3.12. The van der Waals surface area contributed by atoms with E-state index in [0.29, 0.717) is 0 Å². The molecule has 0 aliphatic rings. The fourth-order valence-electron chi connectivity index (χ4n) is 0.888. The Hall–Kier alpha value is 0.250. The van der Waals surface area contributed by atoms with Gasteiger partial charge in [0, 0.05) is 5.88 Å². The van der Waals surface area contributed by atoms with Gasteiger partial charge in [-0.1, -0.05) is 19.3 Å². The molecule has 0 aliphatic carbocycles. The van der Waals surface area contributed by atoms with Gasteiger partial charge in [-0.25, -0.2) is 0 Å². The molecule has 0 unspecified atom stereocenters. The number of aliphatic hydroxyl groups excluding tert-OH is 1. The lowest BCUT2D eigenvalue weighted by Crippen LogP contribution is -1.98. The van der Waals surface area contributed by atoms with Crippen molar-refractivity contribution in [3.05, 3.63) is 0 Å². The van der Waals surface area contributed by atoms with Gasteiger partial charge in [-0.05, 0) is 19.8 Å². The molecule has 0 aromatic rings. The van der Waals surface area contributed by atoms with E-state index in [9.17, 15) is 0 Å². The van der Waals surface area contributed by atoms with Crippen molar-refractivity contribution in [1.82, 2.24) is 0 Å². The van der Waals surface area contributed by atoms with Gasteiger partial charge in [0.2, 0.25) is 0 Å². The minimum absolute atomic E-state index is 0.129. The molecule has 10 heavy (non-hydrogen) atoms. The number of unbranched alkanes of at least 4 members (excludes halogenated alkanes) is 3. The number of hydrogen-bond donors (Lipinski definition) is 1. The first-order valence-electron chi connectivity index (χ1n) is 4.01. The number of alkyl halides is 1. The minimum atomic E-state index is -0.129. The van der Waals surface area contributed by atoms with E-state index in [1.165, 1.54) is 12.8 Å². The highest BCUT2D eigenvalue weighted by atomic mass is 35.5. The molecule has 0 spiro atoms. The zero-order valence-electron chi connectivity index (χ0n) is 6.65. The largest absolute Gasteiger partial charge is 0.393 e. The van der Waals surface area contributed by atoms with Gasteiger partial charge in [-0.2, -0.15) is 0 Å². The van der Waals surface area contributed by atoms with E-state index in [-0.39, 0.29) is 6.10 Å². The summed E-state index contributed by atoms with van der Waals surface area (Å²) in [4.78, 5) is 0. The summed E-state index contributed by atoms with van der Waals surface area (Å²) < 4.78 is 0. The van der Waals surface area contributed by atoms with Crippen molar-refractivity contribution < 1.29 is 5.11 Å². The van der Waals surface area contributed by atoms with Crippen LogP contribution in [0.2, 0.25) is 0 Å². The Balaban J connectivity index is 2.77. The molecule has 0 aliphatic heterocycles. The average Bonchev–Trinajstić information content (AvgIpc) is 1.87. The van der Waals surface area contributed by atoms with Gasteiger partial charge in [-0.3, -0.25) is 0 Å². The van der Waals surface area contributed by atoms with Crippen LogP contribution in [0.1, 0.15) is 39.0 Å². The maximum atomic E-state index is 8.88. The second-order valence-electron chi connectivity index (χ2n) is 2.74. The van der Waals surface area contributed by atoms with Gasteiger partial charge in [0.25, 0.3) is 0 Å². The number of rotatable bonds is 6. The summed E-state index contributed by atoms with van der Waals surface area (Å²) in [6, 6.07) is 0. The third-order valence-corrected chi connectivity index (χ3v) is 1.77. The van der Waals surface area contributed by atoms with Crippen LogP contribution in [0.4, 0.5) is 0 Å². The van der Waals surface area contributed by atoms with Crippen LogP contribution in [0.3, 0.4) is 0 Å². The molecular formula is C8H17ClO. The molecule has 0 saturated heterocycles. The van der Waals surface area contributed by atoms with Crippen molar-refractivity contribution in [3.63, 3.8) is 0 Å². The normalized spacial score (nSPS) is 13.5. The van der Waals surface area contributed by atoms with E-state index < -0.39 is 0 Å². The fraction of sp³-hybridized carbons (Fsp3) is 1.00. The van der Waals surface area contributed by atoms with Crippen LogP contribution in [-0.4, -0.2) is 17.1 Å². The summed E-state index contributed by atoms with van der Waals surface area (Å²) in [5, 5.41) is 8.88. The van der Waals surface area contributed by atoms with Gasteiger partial charge in [0.05, 0.1) is 6.10 Å². The Bertz CT molecular complexity index is 64.3. The van der Waals surface area contributed by atoms with Gasteiger partial charge in [0.15, 0.2) is 0 Å². The molecule has 0 radical (unpaired) electrons. The van der Waals surface area contributed by atoms with Crippen LogP contribution in [0.15, 0.2) is 0 Å². The zero-order chi connectivity index (χ0) is 7.82. The third kappa shape index (κ3) is 8.25. The number of halogens is 1. The van der Waals surface area contributed by atoms with Crippen LogP contribution in [0.5, 0.6) is 0 Å². The molecule has 1 atom stereocenters. The molecule has 1 N–H and O–H groups in total. The molecule has 0 amide bonds. The molecule has 0 heterocycles. The molecule has 1 nitrogen and oxygen atoms in total. The molecule has 0 saturated carbocycles. The highest BCUT2D eigenvalue weighted by Crippen LogP contribution is 2.05. The summed E-state index contributed by atoms with van der Waals surface area (Å²) >= 11 is 5.49. The van der Waals surface area contributed by atoms with Crippen molar-refractivity contribution >= 4 is 11.6 Å². The maximum absolute atomic E-state index is 8.88. The van der Waals surface area contributed by atoms with Crippen LogP contribution in [0.25, 0.3) is 0 Å². The SMILES string of the molecule is C[C@@H](O)CCCCCCCl. The smallest absolute Gasteiger partial charge is 0.0512 e. The zero-order valence-corrected chi connectivity index (χ0v) is 7.40. The molecular weight excluding hydrogens is 148 g/mol. The molecule has 2 heteroatoms. The van der Waals surface area contributed by atoms with Gasteiger partial charge >= 0.3 is 0 Å². The van der Waals surface area contributed by atoms with Gasteiger partial charge in [0.1, 0.15) is 0 Å². The average molecular weight is 165 g/mol. The first-order valence-corrected chi connectivity index (χ1v) is 4.55. The van der Waals surface area contributed by atoms with Crippen molar-refractivity contribution in [2.24, 2.45) is 0 Å². The van der Waals surface area contributed by atoms with Crippen molar-refractivity contribution in [2.45, 2.75) is 45.1 Å². The lowest BCUT2D eigenvalue weighted by atomic mass is 10.1. The highest BCUT2D eigenvalue weighted by molar-refractivity contribution is 6.17. The van der Waals surface area contributed by atoms with E-state index in [1.54, 1.807) is 0 Å². The van der Waals surface area contributed by atoms with Crippen LogP contribution in [0, 0.1) is 0 Å². The summed E-state index contributed by atoms with van der Waals surface area (Å²) in [5.41, 5.74) is 0. The number of hydrogen-bond acceptors (Lipinski definition) is 1. The minimum Gasteiger partial charge on any atom is -0.393 e. The standard InChI is InChI=1S/C8H17ClO/c1-8(10)6-4-2-3-5-7-9/h8,10H,2-7H2,1H3/t8-/m1/s1. The molecule has 0 aromatic carbocycles. The molecule has 0 aromatic heterocycles. The summed E-state index contributed by atoms with van der Waals surface area (Å²) in [7, 11) is 0. The van der Waals surface area contributed by atoms with E-state index in [1.807, 2.05) is 6.92 Å². The Morgan fingerprint density at radius 2 is 1.80 bits per heavy atom. The predicted octanol–water partition coefficient (Wildman–Crippen LogP) is 2.56. The predicted molar refractivity (Wildman–Crippen MR) is 45.5 cm³/mol. The lowest BCUT2D eigenvalue weighted by molar-refractivity contribution is 0.180. The van der Waals surface area contributed by atoms with Gasteiger partial charge < -0.3 is 5.11 Å². The van der Waals surface area contributed by atoms with Crippen LogP contribution >= 0.6 is 11.6 Å². The Morgan fingerprint density at radius 1 is 1.20 bits per heavy atom. The van der Waals surface area contributed by atoms with E-state index >= 15 is 0 Å². The quantitative estimate of drug-likeness (QED) is 0.473. The lowest BCUT2D eigenvalue weighted by Gasteiger charge is -2.01. The van der Waals surface area contributed by atoms with Gasteiger partial charge in [-0.15, -0.1) is 11.6 Å². The Kier molecular flexibility index (Phi) is 7.54. The van der Waals surface area contributed by atoms with Crippen molar-refractivity contribution in [2.75, 3.05) is 5.88 Å². The summed E-state index contributed by atoms with van der Waals surface area (Å²) in [6.07, 6.45) is 5.46.